The minimum Gasteiger partial charge on any atom is -0.396 e. The molecule has 0 spiro atoms. The third-order valence-corrected chi connectivity index (χ3v) is 3.30. The number of aliphatic hydroxyl groups is 1. The average molecular weight is 210 g/mol. The Morgan fingerprint density at radius 1 is 1.23 bits per heavy atom. The Labute approximate surface area is 79.7 Å². The van der Waals surface area contributed by atoms with Gasteiger partial charge in [0.25, 0.3) is 10.1 Å². The molecule has 0 aromatic rings. The first kappa shape index (κ1) is 12.9. The summed E-state index contributed by atoms with van der Waals surface area (Å²) in [5.41, 5.74) is 0. The zero-order valence-corrected chi connectivity index (χ0v) is 8.76. The lowest BCUT2D eigenvalue weighted by atomic mass is 10.1. The third kappa shape index (κ3) is 6.01. The number of hydrogen-bond acceptors (Lipinski definition) is 3. The highest BCUT2D eigenvalue weighted by Gasteiger charge is 2.21. The highest BCUT2D eigenvalue weighted by Crippen LogP contribution is 2.14. The molecule has 0 amide bonds. The van der Waals surface area contributed by atoms with E-state index in [4.69, 9.17) is 9.66 Å². The SMILES string of the molecule is CCCCC(CCCO)S(=O)(=O)O. The predicted molar refractivity (Wildman–Crippen MR) is 51.2 cm³/mol. The molecule has 0 aliphatic heterocycles. The molecule has 1 atom stereocenters. The number of rotatable bonds is 7. The Morgan fingerprint density at radius 2 is 1.77 bits per heavy atom. The van der Waals surface area contributed by atoms with Crippen molar-refractivity contribution in [3.63, 3.8) is 0 Å². The van der Waals surface area contributed by atoms with Crippen LogP contribution in [0.5, 0.6) is 0 Å². The lowest BCUT2D eigenvalue weighted by molar-refractivity contribution is 0.281. The van der Waals surface area contributed by atoms with Gasteiger partial charge in [-0.3, -0.25) is 4.55 Å². The zero-order valence-electron chi connectivity index (χ0n) is 7.94. The van der Waals surface area contributed by atoms with Crippen molar-refractivity contribution in [1.29, 1.82) is 0 Å². The predicted octanol–water partition coefficient (Wildman–Crippen LogP) is 1.21. The second kappa shape index (κ2) is 6.34. The maximum atomic E-state index is 10.8. The fourth-order valence-corrected chi connectivity index (χ4v) is 2.12. The summed E-state index contributed by atoms with van der Waals surface area (Å²) in [6.07, 6.45) is 2.94. The second-order valence-electron chi connectivity index (χ2n) is 3.15. The van der Waals surface area contributed by atoms with Gasteiger partial charge >= 0.3 is 0 Å². The van der Waals surface area contributed by atoms with Crippen LogP contribution >= 0.6 is 0 Å². The van der Waals surface area contributed by atoms with Crippen molar-refractivity contribution in [3.8, 4) is 0 Å². The molecule has 80 valence electrons. The minimum atomic E-state index is -3.92. The van der Waals surface area contributed by atoms with E-state index < -0.39 is 15.4 Å². The van der Waals surface area contributed by atoms with Crippen molar-refractivity contribution >= 4 is 10.1 Å². The topological polar surface area (TPSA) is 74.6 Å². The lowest BCUT2D eigenvalue weighted by Gasteiger charge is -2.11. The van der Waals surface area contributed by atoms with E-state index >= 15 is 0 Å². The summed E-state index contributed by atoms with van der Waals surface area (Å²) in [6.45, 7) is 1.94. The number of unbranched alkanes of at least 4 members (excludes halogenated alkanes) is 1. The van der Waals surface area contributed by atoms with E-state index in [1.807, 2.05) is 6.92 Å². The van der Waals surface area contributed by atoms with E-state index in [0.717, 1.165) is 12.8 Å². The molecule has 1 unspecified atom stereocenters. The molecular formula is C8H18O4S. The highest BCUT2D eigenvalue weighted by atomic mass is 32.2. The van der Waals surface area contributed by atoms with E-state index in [1.54, 1.807) is 0 Å². The van der Waals surface area contributed by atoms with Gasteiger partial charge in [0, 0.05) is 6.61 Å². The van der Waals surface area contributed by atoms with Crippen molar-refractivity contribution in [3.05, 3.63) is 0 Å². The molecule has 0 heterocycles. The molecule has 0 aliphatic carbocycles. The second-order valence-corrected chi connectivity index (χ2v) is 4.84. The maximum Gasteiger partial charge on any atom is 0.267 e. The van der Waals surface area contributed by atoms with Crippen LogP contribution in [-0.4, -0.2) is 29.9 Å². The van der Waals surface area contributed by atoms with Crippen LogP contribution in [0, 0.1) is 0 Å². The quantitative estimate of drug-likeness (QED) is 0.619. The van der Waals surface area contributed by atoms with E-state index in [9.17, 15) is 8.42 Å². The lowest BCUT2D eigenvalue weighted by Crippen LogP contribution is -2.20. The normalized spacial score (nSPS) is 14.4. The Balaban J connectivity index is 4.04. The molecule has 0 rings (SSSR count). The molecule has 2 N–H and O–H groups in total. The van der Waals surface area contributed by atoms with Gasteiger partial charge in [0.1, 0.15) is 0 Å². The van der Waals surface area contributed by atoms with Crippen LogP contribution in [-0.2, 0) is 10.1 Å². The molecule has 0 aromatic heterocycles. The Kier molecular flexibility index (Phi) is 6.28. The Hall–Kier alpha value is -0.130. The maximum absolute atomic E-state index is 10.8. The molecule has 0 aromatic carbocycles. The molecule has 5 heteroatoms. The van der Waals surface area contributed by atoms with Gasteiger partial charge in [-0.2, -0.15) is 8.42 Å². The van der Waals surface area contributed by atoms with Gasteiger partial charge < -0.3 is 5.11 Å². The number of hydrogen-bond donors (Lipinski definition) is 2. The van der Waals surface area contributed by atoms with Gasteiger partial charge in [0.15, 0.2) is 0 Å². The summed E-state index contributed by atoms with van der Waals surface area (Å²) in [6, 6.07) is 0. The van der Waals surface area contributed by atoms with E-state index in [2.05, 4.69) is 0 Å². The van der Waals surface area contributed by atoms with Gasteiger partial charge in [0.2, 0.25) is 0 Å². The van der Waals surface area contributed by atoms with Gasteiger partial charge in [-0.05, 0) is 19.3 Å². The van der Waals surface area contributed by atoms with Crippen molar-refractivity contribution in [1.82, 2.24) is 0 Å². The van der Waals surface area contributed by atoms with Crippen LogP contribution in [0.1, 0.15) is 39.0 Å². The van der Waals surface area contributed by atoms with E-state index in [-0.39, 0.29) is 6.61 Å². The van der Waals surface area contributed by atoms with Crippen LogP contribution in [0.15, 0.2) is 0 Å². The largest absolute Gasteiger partial charge is 0.396 e. The van der Waals surface area contributed by atoms with Crippen molar-refractivity contribution in [2.75, 3.05) is 6.61 Å². The summed E-state index contributed by atoms with van der Waals surface area (Å²) in [7, 11) is -3.92. The monoisotopic (exact) mass is 210 g/mol. The van der Waals surface area contributed by atoms with Crippen molar-refractivity contribution in [2.24, 2.45) is 0 Å². The molecule has 0 bridgehead atoms. The summed E-state index contributed by atoms with van der Waals surface area (Å²) in [5, 5.41) is 7.84. The first-order valence-electron chi connectivity index (χ1n) is 4.59. The highest BCUT2D eigenvalue weighted by molar-refractivity contribution is 7.86. The van der Waals surface area contributed by atoms with Crippen molar-refractivity contribution in [2.45, 2.75) is 44.3 Å². The summed E-state index contributed by atoms with van der Waals surface area (Å²) >= 11 is 0. The molecule has 4 nitrogen and oxygen atoms in total. The van der Waals surface area contributed by atoms with Crippen LogP contribution in [0.4, 0.5) is 0 Å². The van der Waals surface area contributed by atoms with Gasteiger partial charge in [0.05, 0.1) is 5.25 Å². The molecule has 0 fully saturated rings. The zero-order chi connectivity index (χ0) is 10.3. The van der Waals surface area contributed by atoms with Gasteiger partial charge in [-0.1, -0.05) is 19.8 Å². The Bertz CT molecular complexity index is 202. The summed E-state index contributed by atoms with van der Waals surface area (Å²) < 4.78 is 30.5. The standard InChI is InChI=1S/C8H18O4S/c1-2-3-5-8(6-4-7-9)13(10,11)12/h8-9H,2-7H2,1H3,(H,10,11,12). The van der Waals surface area contributed by atoms with Crippen LogP contribution in [0.2, 0.25) is 0 Å². The molecular weight excluding hydrogens is 192 g/mol. The summed E-state index contributed by atoms with van der Waals surface area (Å²) in [4.78, 5) is 0. The Morgan fingerprint density at radius 3 is 2.15 bits per heavy atom. The fraction of sp³-hybridized carbons (Fsp3) is 1.00. The molecule has 0 radical (unpaired) electrons. The molecule has 0 saturated heterocycles. The fourth-order valence-electron chi connectivity index (χ4n) is 1.19. The first-order valence-corrected chi connectivity index (χ1v) is 6.09. The minimum absolute atomic E-state index is 0.0296. The van der Waals surface area contributed by atoms with E-state index in [1.165, 1.54) is 0 Å². The first-order chi connectivity index (χ1) is 6.02. The molecule has 13 heavy (non-hydrogen) atoms. The van der Waals surface area contributed by atoms with Crippen molar-refractivity contribution < 1.29 is 18.1 Å². The van der Waals surface area contributed by atoms with Crippen LogP contribution < -0.4 is 0 Å². The number of aliphatic hydroxyl groups excluding tert-OH is 1. The van der Waals surface area contributed by atoms with E-state index in [0.29, 0.717) is 19.3 Å². The van der Waals surface area contributed by atoms with Crippen LogP contribution in [0.3, 0.4) is 0 Å². The molecule has 0 aliphatic rings. The van der Waals surface area contributed by atoms with Gasteiger partial charge in [-0.25, -0.2) is 0 Å². The third-order valence-electron chi connectivity index (χ3n) is 1.99. The average Bonchev–Trinajstić information content (AvgIpc) is 2.02. The smallest absolute Gasteiger partial charge is 0.267 e. The van der Waals surface area contributed by atoms with Gasteiger partial charge in [-0.15, -0.1) is 0 Å². The van der Waals surface area contributed by atoms with Crippen LogP contribution in [0.25, 0.3) is 0 Å². The molecule has 0 saturated carbocycles. The summed E-state index contributed by atoms with van der Waals surface area (Å²) in [5.74, 6) is 0.